The lowest BCUT2D eigenvalue weighted by atomic mass is 10.1. The maximum Gasteiger partial charge on any atom is 0.211 e. The minimum atomic E-state index is -3.12. The quantitative estimate of drug-likeness (QED) is 0.727. The minimum absolute atomic E-state index is 0.503. The van der Waals surface area contributed by atoms with E-state index in [-0.39, 0.29) is 0 Å². The van der Waals surface area contributed by atoms with Gasteiger partial charge in [0.05, 0.1) is 13.4 Å². The van der Waals surface area contributed by atoms with Crippen LogP contribution in [0.1, 0.15) is 6.92 Å². The molecule has 2 aromatic carbocycles. The van der Waals surface area contributed by atoms with Gasteiger partial charge in [0.1, 0.15) is 5.75 Å². The van der Waals surface area contributed by atoms with Crippen LogP contribution in [0.15, 0.2) is 41.3 Å². The Morgan fingerprint density at radius 2 is 1.82 bits per heavy atom. The molecule has 0 spiro atoms. The molecule has 0 unspecified atom stereocenters. The first-order chi connectivity index (χ1) is 10.5. The molecule has 0 N–H and O–H groups in total. The van der Waals surface area contributed by atoms with Crippen molar-refractivity contribution in [3.8, 4) is 5.75 Å². The van der Waals surface area contributed by atoms with E-state index in [0.29, 0.717) is 13.1 Å². The summed E-state index contributed by atoms with van der Waals surface area (Å²) in [6.45, 7) is 2.87. The van der Waals surface area contributed by atoms with E-state index in [1.54, 1.807) is 18.9 Å². The van der Waals surface area contributed by atoms with Gasteiger partial charge in [0.2, 0.25) is 10.0 Å². The third-order valence-electron chi connectivity index (χ3n) is 3.48. The summed E-state index contributed by atoms with van der Waals surface area (Å²) in [7, 11) is -1.46. The number of nitrogens with zero attached hydrogens (tertiary/aromatic N) is 1. The van der Waals surface area contributed by atoms with Crippen LogP contribution in [0.3, 0.4) is 0 Å². The lowest BCUT2D eigenvalue weighted by molar-refractivity contribution is 0.419. The van der Waals surface area contributed by atoms with Gasteiger partial charge >= 0.3 is 0 Å². The standard InChI is InChI=1S/C16H21NO3S2/c1-4-17(22(3,18)19)11-12-21-16-10-9-15(20-2)13-7-5-6-8-14(13)16/h5-10H,4,11-12H2,1-3H3. The van der Waals surface area contributed by atoms with Crippen molar-refractivity contribution in [2.75, 3.05) is 32.2 Å². The van der Waals surface area contributed by atoms with Crippen molar-refractivity contribution in [3.05, 3.63) is 36.4 Å². The van der Waals surface area contributed by atoms with Gasteiger partial charge in [-0.05, 0) is 17.5 Å². The molecule has 0 aliphatic rings. The zero-order valence-corrected chi connectivity index (χ0v) is 14.7. The smallest absolute Gasteiger partial charge is 0.211 e. The maximum absolute atomic E-state index is 11.6. The molecule has 0 radical (unpaired) electrons. The summed E-state index contributed by atoms with van der Waals surface area (Å²) < 4.78 is 30.1. The highest BCUT2D eigenvalue weighted by Crippen LogP contribution is 2.33. The first-order valence-electron chi connectivity index (χ1n) is 7.11. The van der Waals surface area contributed by atoms with Gasteiger partial charge in [0.15, 0.2) is 0 Å². The van der Waals surface area contributed by atoms with Crippen molar-refractivity contribution >= 4 is 32.6 Å². The molecule has 4 nitrogen and oxygen atoms in total. The number of fused-ring (bicyclic) bond motifs is 1. The summed E-state index contributed by atoms with van der Waals surface area (Å²) >= 11 is 1.67. The Bertz CT molecular complexity index is 744. The molecule has 0 saturated carbocycles. The summed E-state index contributed by atoms with van der Waals surface area (Å²) in [5.41, 5.74) is 0. The SMILES string of the molecule is CCN(CCSc1ccc(OC)c2ccccc12)S(C)(=O)=O. The van der Waals surface area contributed by atoms with Crippen LogP contribution in [0, 0.1) is 0 Å². The molecule has 2 rings (SSSR count). The molecule has 0 bridgehead atoms. The van der Waals surface area contributed by atoms with Crippen LogP contribution in [0.2, 0.25) is 0 Å². The summed E-state index contributed by atoms with van der Waals surface area (Å²) in [5.74, 6) is 1.57. The third kappa shape index (κ3) is 3.94. The minimum Gasteiger partial charge on any atom is -0.496 e. The molecule has 22 heavy (non-hydrogen) atoms. The Morgan fingerprint density at radius 1 is 1.14 bits per heavy atom. The van der Waals surface area contributed by atoms with Crippen LogP contribution < -0.4 is 4.74 Å². The van der Waals surface area contributed by atoms with Gasteiger partial charge in [0, 0.05) is 29.1 Å². The molecule has 0 fully saturated rings. The molecular weight excluding hydrogens is 318 g/mol. The molecule has 2 aromatic rings. The van der Waals surface area contributed by atoms with Crippen LogP contribution >= 0.6 is 11.8 Å². The molecule has 0 saturated heterocycles. The predicted molar refractivity (Wildman–Crippen MR) is 93.3 cm³/mol. The highest BCUT2D eigenvalue weighted by atomic mass is 32.2. The van der Waals surface area contributed by atoms with E-state index in [1.807, 2.05) is 37.3 Å². The monoisotopic (exact) mass is 339 g/mol. The topological polar surface area (TPSA) is 46.6 Å². The fourth-order valence-electron chi connectivity index (χ4n) is 2.36. The molecular formula is C16H21NO3S2. The molecule has 0 amide bonds. The predicted octanol–water partition coefficient (Wildman–Crippen LogP) is 3.22. The van der Waals surface area contributed by atoms with Crippen molar-refractivity contribution in [2.45, 2.75) is 11.8 Å². The third-order valence-corrected chi connectivity index (χ3v) is 5.92. The number of benzene rings is 2. The number of ether oxygens (including phenoxy) is 1. The molecule has 0 heterocycles. The van der Waals surface area contributed by atoms with Gasteiger partial charge in [-0.1, -0.05) is 31.2 Å². The molecule has 6 heteroatoms. The number of hydrogen-bond donors (Lipinski definition) is 0. The lowest BCUT2D eigenvalue weighted by Gasteiger charge is -2.17. The van der Waals surface area contributed by atoms with E-state index in [9.17, 15) is 8.42 Å². The highest BCUT2D eigenvalue weighted by molar-refractivity contribution is 7.99. The Kier molecular flexibility index (Phi) is 5.72. The molecule has 120 valence electrons. The van der Waals surface area contributed by atoms with E-state index in [1.165, 1.54) is 10.6 Å². The second kappa shape index (κ2) is 7.35. The maximum atomic E-state index is 11.6. The van der Waals surface area contributed by atoms with Crippen molar-refractivity contribution in [3.63, 3.8) is 0 Å². The van der Waals surface area contributed by atoms with E-state index in [4.69, 9.17) is 4.74 Å². The van der Waals surface area contributed by atoms with E-state index >= 15 is 0 Å². The highest BCUT2D eigenvalue weighted by Gasteiger charge is 2.14. The second-order valence-corrected chi connectivity index (χ2v) is 8.03. The average Bonchev–Trinajstić information content (AvgIpc) is 2.50. The largest absolute Gasteiger partial charge is 0.496 e. The van der Waals surface area contributed by atoms with E-state index < -0.39 is 10.0 Å². The Balaban J connectivity index is 2.16. The zero-order valence-electron chi connectivity index (χ0n) is 13.1. The van der Waals surface area contributed by atoms with Crippen molar-refractivity contribution < 1.29 is 13.2 Å². The Morgan fingerprint density at radius 3 is 2.41 bits per heavy atom. The summed E-state index contributed by atoms with van der Waals surface area (Å²) in [6.07, 6.45) is 1.25. The Labute approximate surface area is 136 Å². The number of thioether (sulfide) groups is 1. The van der Waals surface area contributed by atoms with Crippen LogP contribution in [-0.2, 0) is 10.0 Å². The van der Waals surface area contributed by atoms with Crippen LogP contribution in [-0.4, -0.2) is 44.9 Å². The molecule has 0 aliphatic heterocycles. The van der Waals surface area contributed by atoms with Gasteiger partial charge < -0.3 is 4.74 Å². The number of rotatable bonds is 7. The average molecular weight is 339 g/mol. The molecule has 0 aromatic heterocycles. The van der Waals surface area contributed by atoms with Crippen molar-refractivity contribution in [2.24, 2.45) is 0 Å². The summed E-state index contributed by atoms with van der Waals surface area (Å²) in [4.78, 5) is 1.14. The van der Waals surface area contributed by atoms with Crippen molar-refractivity contribution in [1.82, 2.24) is 4.31 Å². The van der Waals surface area contributed by atoms with Gasteiger partial charge in [-0.2, -0.15) is 0 Å². The number of sulfonamides is 1. The Hall–Kier alpha value is -1.24. The summed E-state index contributed by atoms with van der Waals surface area (Å²) in [6, 6.07) is 12.1. The van der Waals surface area contributed by atoms with Gasteiger partial charge in [-0.25, -0.2) is 12.7 Å². The van der Waals surface area contributed by atoms with Gasteiger partial charge in [0.25, 0.3) is 0 Å². The van der Waals surface area contributed by atoms with E-state index in [2.05, 4.69) is 6.07 Å². The number of methoxy groups -OCH3 is 1. The van der Waals surface area contributed by atoms with Gasteiger partial charge in [-0.15, -0.1) is 11.8 Å². The van der Waals surface area contributed by atoms with Crippen LogP contribution in [0.5, 0.6) is 5.75 Å². The van der Waals surface area contributed by atoms with Crippen LogP contribution in [0.25, 0.3) is 10.8 Å². The zero-order chi connectivity index (χ0) is 16.2. The fraction of sp³-hybridized carbons (Fsp3) is 0.375. The van der Waals surface area contributed by atoms with E-state index in [0.717, 1.165) is 27.2 Å². The van der Waals surface area contributed by atoms with Crippen molar-refractivity contribution in [1.29, 1.82) is 0 Å². The lowest BCUT2D eigenvalue weighted by Crippen LogP contribution is -2.31. The first-order valence-corrected chi connectivity index (χ1v) is 9.94. The summed E-state index contributed by atoms with van der Waals surface area (Å²) in [5, 5.41) is 2.21. The second-order valence-electron chi connectivity index (χ2n) is 4.91. The molecule has 0 aliphatic carbocycles. The molecule has 0 atom stereocenters. The van der Waals surface area contributed by atoms with Gasteiger partial charge in [-0.3, -0.25) is 0 Å². The van der Waals surface area contributed by atoms with Crippen LogP contribution in [0.4, 0.5) is 0 Å². The first kappa shape index (κ1) is 17.1. The fourth-order valence-corrected chi connectivity index (χ4v) is 4.40. The normalized spacial score (nSPS) is 12.0. The number of hydrogen-bond acceptors (Lipinski definition) is 4.